The Balaban J connectivity index is 1.45. The van der Waals surface area contributed by atoms with Crippen LogP contribution in [0.1, 0.15) is 30.4 Å². The number of amides is 3. The Morgan fingerprint density at radius 3 is 2.47 bits per heavy atom. The molecule has 10 heteroatoms. The van der Waals surface area contributed by atoms with Gasteiger partial charge in [0.05, 0.1) is 15.0 Å². The van der Waals surface area contributed by atoms with Crippen molar-refractivity contribution in [3.8, 4) is 5.75 Å². The summed E-state index contributed by atoms with van der Waals surface area (Å²) in [4.78, 5) is 40.5. The second kappa shape index (κ2) is 10.8. The number of imide groups is 1. The molecule has 34 heavy (non-hydrogen) atoms. The van der Waals surface area contributed by atoms with Crippen LogP contribution in [0.15, 0.2) is 41.3 Å². The molecule has 4 rings (SSSR count). The number of halogens is 3. The van der Waals surface area contributed by atoms with Crippen molar-refractivity contribution in [2.45, 2.75) is 25.9 Å². The zero-order chi connectivity index (χ0) is 24.2. The lowest BCUT2D eigenvalue weighted by Crippen LogP contribution is -2.44. The molecule has 2 saturated heterocycles. The van der Waals surface area contributed by atoms with Crippen LogP contribution in [0.4, 0.5) is 9.18 Å². The van der Waals surface area contributed by atoms with E-state index in [4.69, 9.17) is 27.9 Å². The fraction of sp³-hybridized carbons (Fsp3) is 0.292. The zero-order valence-electron chi connectivity index (χ0n) is 18.1. The van der Waals surface area contributed by atoms with Crippen LogP contribution in [-0.4, -0.2) is 46.5 Å². The molecule has 2 aliphatic rings. The highest BCUT2D eigenvalue weighted by Gasteiger charge is 2.37. The van der Waals surface area contributed by atoms with Gasteiger partial charge in [0, 0.05) is 13.1 Å². The van der Waals surface area contributed by atoms with Crippen LogP contribution in [0.25, 0.3) is 6.08 Å². The average Bonchev–Trinajstić information content (AvgIpc) is 3.06. The zero-order valence-corrected chi connectivity index (χ0v) is 20.4. The minimum atomic E-state index is -0.529. The summed E-state index contributed by atoms with van der Waals surface area (Å²) >= 11 is 13.4. The summed E-state index contributed by atoms with van der Waals surface area (Å²) < 4.78 is 19.0. The Bertz CT molecular complexity index is 1140. The number of hydrogen-bond donors (Lipinski definition) is 0. The normalized spacial score (nSPS) is 17.6. The van der Waals surface area contributed by atoms with Gasteiger partial charge in [0.15, 0.2) is 5.75 Å². The highest BCUT2D eigenvalue weighted by atomic mass is 35.5. The molecule has 0 unspecified atom stereocenters. The fourth-order valence-electron chi connectivity index (χ4n) is 3.75. The smallest absolute Gasteiger partial charge is 0.294 e. The summed E-state index contributed by atoms with van der Waals surface area (Å²) in [6, 6.07) is 9.09. The topological polar surface area (TPSA) is 66.9 Å². The molecule has 3 amide bonds. The Morgan fingerprint density at radius 2 is 1.79 bits per heavy atom. The van der Waals surface area contributed by atoms with E-state index in [1.807, 2.05) is 0 Å². The number of thioether (sulfide) groups is 1. The third-order valence-corrected chi connectivity index (χ3v) is 6.94. The Labute approximate surface area is 210 Å². The van der Waals surface area contributed by atoms with E-state index in [2.05, 4.69) is 0 Å². The van der Waals surface area contributed by atoms with E-state index in [9.17, 15) is 18.8 Å². The van der Waals surface area contributed by atoms with Crippen LogP contribution in [0, 0.1) is 5.82 Å². The maximum atomic E-state index is 13.4. The molecule has 0 bridgehead atoms. The monoisotopic (exact) mass is 522 g/mol. The Morgan fingerprint density at radius 1 is 1.09 bits per heavy atom. The fourth-order valence-corrected chi connectivity index (χ4v) is 5.20. The number of hydrogen-bond acceptors (Lipinski definition) is 5. The number of likely N-dealkylation sites (tertiary alicyclic amines) is 1. The summed E-state index contributed by atoms with van der Waals surface area (Å²) in [5.74, 6) is -0.904. The van der Waals surface area contributed by atoms with E-state index in [0.717, 1.165) is 35.9 Å². The largest absolute Gasteiger partial charge is 0.486 e. The second-order valence-corrected chi connectivity index (χ2v) is 9.75. The van der Waals surface area contributed by atoms with Crippen molar-refractivity contribution >= 4 is 58.1 Å². The van der Waals surface area contributed by atoms with Gasteiger partial charge in [0.25, 0.3) is 11.1 Å². The number of piperidine rings is 1. The van der Waals surface area contributed by atoms with E-state index in [-0.39, 0.29) is 45.6 Å². The molecule has 0 saturated carbocycles. The van der Waals surface area contributed by atoms with Crippen LogP contribution in [0.3, 0.4) is 0 Å². The first-order valence-electron chi connectivity index (χ1n) is 10.7. The quantitative estimate of drug-likeness (QED) is 0.451. The molecule has 0 aliphatic carbocycles. The molecule has 2 aromatic rings. The number of carbonyl (C=O) groups is 3. The van der Waals surface area contributed by atoms with Gasteiger partial charge in [-0.15, -0.1) is 0 Å². The van der Waals surface area contributed by atoms with Gasteiger partial charge in [0.2, 0.25) is 5.91 Å². The first kappa shape index (κ1) is 24.6. The SMILES string of the molecule is O=C(CN1C(=O)S/C(=C\c2cc(Cl)c(OCc3cccc(F)c3)c(Cl)c2)C1=O)N1CCCCC1. The Kier molecular flexibility index (Phi) is 7.80. The molecular weight excluding hydrogens is 502 g/mol. The summed E-state index contributed by atoms with van der Waals surface area (Å²) in [7, 11) is 0. The van der Waals surface area contributed by atoms with E-state index < -0.39 is 11.1 Å². The van der Waals surface area contributed by atoms with Gasteiger partial charge in [-0.1, -0.05) is 35.3 Å². The van der Waals surface area contributed by atoms with Crippen molar-refractivity contribution in [2.75, 3.05) is 19.6 Å². The molecule has 0 N–H and O–H groups in total. The van der Waals surface area contributed by atoms with Crippen LogP contribution in [0.2, 0.25) is 10.0 Å². The van der Waals surface area contributed by atoms with Gasteiger partial charge in [-0.25, -0.2) is 4.39 Å². The van der Waals surface area contributed by atoms with E-state index >= 15 is 0 Å². The molecule has 0 spiro atoms. The van der Waals surface area contributed by atoms with Crippen molar-refractivity contribution in [1.82, 2.24) is 9.80 Å². The van der Waals surface area contributed by atoms with Crippen LogP contribution in [-0.2, 0) is 16.2 Å². The number of ether oxygens (including phenoxy) is 1. The minimum absolute atomic E-state index is 0.0699. The van der Waals surface area contributed by atoms with Gasteiger partial charge in [-0.2, -0.15) is 0 Å². The molecular formula is C24H21Cl2FN2O4S. The third kappa shape index (κ3) is 5.74. The average molecular weight is 523 g/mol. The summed E-state index contributed by atoms with van der Waals surface area (Å²) in [5, 5.41) is -0.0850. The van der Waals surface area contributed by atoms with Crippen molar-refractivity contribution in [3.63, 3.8) is 0 Å². The predicted octanol–water partition coefficient (Wildman–Crippen LogP) is 5.76. The standard InChI is InChI=1S/C24H21Cl2FN2O4S/c25-18-10-16(11-19(26)22(18)33-14-15-5-4-6-17(27)9-15)12-20-23(31)29(24(32)34-20)13-21(30)28-7-2-1-3-8-28/h4-6,9-12H,1-3,7-8,13-14H2/b20-12-. The summed E-state index contributed by atoms with van der Waals surface area (Å²) in [6.07, 6.45) is 4.44. The van der Waals surface area contributed by atoms with E-state index in [1.165, 1.54) is 18.2 Å². The Hall–Kier alpha value is -2.55. The van der Waals surface area contributed by atoms with Crippen molar-refractivity contribution < 1.29 is 23.5 Å². The number of rotatable bonds is 6. The van der Waals surface area contributed by atoms with E-state index in [0.29, 0.717) is 24.2 Å². The molecule has 2 aliphatic heterocycles. The van der Waals surface area contributed by atoms with Gasteiger partial charge in [0.1, 0.15) is 19.0 Å². The molecule has 0 aromatic heterocycles. The van der Waals surface area contributed by atoms with Crippen molar-refractivity contribution in [2.24, 2.45) is 0 Å². The molecule has 178 valence electrons. The van der Waals surface area contributed by atoms with Crippen LogP contribution in [0.5, 0.6) is 5.75 Å². The lowest BCUT2D eigenvalue weighted by atomic mass is 10.1. The highest BCUT2D eigenvalue weighted by molar-refractivity contribution is 8.18. The number of carbonyl (C=O) groups excluding carboxylic acids is 3. The summed E-state index contributed by atoms with van der Waals surface area (Å²) in [6.45, 7) is 1.10. The maximum Gasteiger partial charge on any atom is 0.294 e. The number of nitrogens with zero attached hydrogens (tertiary/aromatic N) is 2. The first-order valence-corrected chi connectivity index (χ1v) is 12.3. The van der Waals surface area contributed by atoms with Crippen molar-refractivity contribution in [3.05, 3.63) is 68.3 Å². The highest BCUT2D eigenvalue weighted by Crippen LogP contribution is 2.38. The number of benzene rings is 2. The maximum absolute atomic E-state index is 13.4. The van der Waals surface area contributed by atoms with E-state index in [1.54, 1.807) is 29.2 Å². The molecule has 2 heterocycles. The lowest BCUT2D eigenvalue weighted by Gasteiger charge is -2.27. The molecule has 0 atom stereocenters. The van der Waals surface area contributed by atoms with Crippen LogP contribution < -0.4 is 4.74 Å². The van der Waals surface area contributed by atoms with Gasteiger partial charge in [-0.05, 0) is 72.5 Å². The molecule has 2 fully saturated rings. The molecule has 6 nitrogen and oxygen atoms in total. The van der Waals surface area contributed by atoms with Gasteiger partial charge >= 0.3 is 0 Å². The van der Waals surface area contributed by atoms with Gasteiger partial charge < -0.3 is 9.64 Å². The summed E-state index contributed by atoms with van der Waals surface area (Å²) in [5.41, 5.74) is 1.12. The van der Waals surface area contributed by atoms with Gasteiger partial charge in [-0.3, -0.25) is 19.3 Å². The minimum Gasteiger partial charge on any atom is -0.486 e. The van der Waals surface area contributed by atoms with Crippen molar-refractivity contribution in [1.29, 1.82) is 0 Å². The van der Waals surface area contributed by atoms with Crippen LogP contribution >= 0.6 is 35.0 Å². The molecule has 2 aromatic carbocycles. The third-order valence-electron chi connectivity index (χ3n) is 5.47. The molecule has 0 radical (unpaired) electrons. The second-order valence-electron chi connectivity index (χ2n) is 7.94. The predicted molar refractivity (Wildman–Crippen MR) is 130 cm³/mol. The first-order chi connectivity index (χ1) is 16.3. The lowest BCUT2D eigenvalue weighted by molar-refractivity contribution is -0.136.